The lowest BCUT2D eigenvalue weighted by atomic mass is 10.0. The van der Waals surface area contributed by atoms with Crippen molar-refractivity contribution in [1.29, 1.82) is 0 Å². The number of aryl methyl sites for hydroxylation is 1. The van der Waals surface area contributed by atoms with Gasteiger partial charge in [0.15, 0.2) is 0 Å². The molecule has 0 saturated carbocycles. The number of phenols is 1. The molecule has 1 aliphatic rings. The van der Waals surface area contributed by atoms with E-state index in [9.17, 15) is 5.11 Å². The van der Waals surface area contributed by atoms with Crippen LogP contribution in [0, 0.1) is 12.8 Å². The van der Waals surface area contributed by atoms with Crippen molar-refractivity contribution in [1.82, 2.24) is 5.32 Å². The van der Waals surface area contributed by atoms with Crippen molar-refractivity contribution in [2.45, 2.75) is 32.9 Å². The summed E-state index contributed by atoms with van der Waals surface area (Å²) in [6.45, 7) is 6.68. The van der Waals surface area contributed by atoms with Crippen LogP contribution >= 0.6 is 0 Å². The average Bonchev–Trinajstić information content (AvgIpc) is 2.83. The standard InChI is InChI=1S/C14H21NO2/c1-10-3-4-14(16)13(7-10)8-15-11(2)12-5-6-17-9-12/h3-4,7,11-12,15-16H,5-6,8-9H2,1-2H3. The van der Waals surface area contributed by atoms with Gasteiger partial charge in [0, 0.05) is 24.8 Å². The molecule has 1 aromatic rings. The third kappa shape index (κ3) is 3.20. The van der Waals surface area contributed by atoms with Crippen molar-refractivity contribution < 1.29 is 9.84 Å². The molecule has 0 aliphatic carbocycles. The topological polar surface area (TPSA) is 41.5 Å². The molecule has 2 N–H and O–H groups in total. The lowest BCUT2D eigenvalue weighted by Gasteiger charge is -2.19. The van der Waals surface area contributed by atoms with Crippen LogP contribution in [0.3, 0.4) is 0 Å². The third-order valence-electron chi connectivity index (χ3n) is 3.52. The van der Waals surface area contributed by atoms with Crippen molar-refractivity contribution in [3.8, 4) is 5.75 Å². The van der Waals surface area contributed by atoms with Gasteiger partial charge in [0.25, 0.3) is 0 Å². The molecule has 3 nitrogen and oxygen atoms in total. The van der Waals surface area contributed by atoms with Crippen molar-refractivity contribution in [2.75, 3.05) is 13.2 Å². The molecule has 0 spiro atoms. The minimum Gasteiger partial charge on any atom is -0.508 e. The Hall–Kier alpha value is -1.06. The van der Waals surface area contributed by atoms with E-state index < -0.39 is 0 Å². The summed E-state index contributed by atoms with van der Waals surface area (Å²) >= 11 is 0. The fraction of sp³-hybridized carbons (Fsp3) is 0.571. The molecule has 1 saturated heterocycles. The summed E-state index contributed by atoms with van der Waals surface area (Å²) in [7, 11) is 0. The molecule has 1 heterocycles. The van der Waals surface area contributed by atoms with E-state index in [4.69, 9.17) is 4.74 Å². The molecule has 0 bridgehead atoms. The number of phenolic OH excluding ortho intramolecular Hbond substituents is 1. The summed E-state index contributed by atoms with van der Waals surface area (Å²) in [5, 5.41) is 13.2. The van der Waals surface area contributed by atoms with Gasteiger partial charge in [-0.25, -0.2) is 0 Å². The summed E-state index contributed by atoms with van der Waals surface area (Å²) in [6, 6.07) is 6.14. The van der Waals surface area contributed by atoms with Crippen LogP contribution in [-0.4, -0.2) is 24.4 Å². The average molecular weight is 235 g/mol. The zero-order valence-corrected chi connectivity index (χ0v) is 10.6. The first-order valence-electron chi connectivity index (χ1n) is 6.26. The number of nitrogens with one attached hydrogen (secondary N) is 1. The van der Waals surface area contributed by atoms with Gasteiger partial charge in [-0.3, -0.25) is 0 Å². The van der Waals surface area contributed by atoms with E-state index >= 15 is 0 Å². The van der Waals surface area contributed by atoms with E-state index in [1.165, 1.54) is 5.56 Å². The van der Waals surface area contributed by atoms with Crippen LogP contribution in [0.5, 0.6) is 5.75 Å². The summed E-state index contributed by atoms with van der Waals surface area (Å²) in [4.78, 5) is 0. The number of aromatic hydroxyl groups is 1. The fourth-order valence-corrected chi connectivity index (χ4v) is 2.24. The highest BCUT2D eigenvalue weighted by molar-refractivity contribution is 5.35. The molecule has 1 aliphatic heterocycles. The molecule has 2 unspecified atom stereocenters. The largest absolute Gasteiger partial charge is 0.508 e. The molecule has 94 valence electrons. The van der Waals surface area contributed by atoms with E-state index in [1.807, 2.05) is 19.1 Å². The molecule has 0 aromatic heterocycles. The first-order chi connectivity index (χ1) is 8.16. The normalized spacial score (nSPS) is 21.6. The maximum Gasteiger partial charge on any atom is 0.120 e. The second-order valence-corrected chi connectivity index (χ2v) is 4.93. The van der Waals surface area contributed by atoms with E-state index in [-0.39, 0.29) is 0 Å². The number of hydrogen-bond acceptors (Lipinski definition) is 3. The van der Waals surface area contributed by atoms with E-state index in [0.29, 0.717) is 24.3 Å². The number of rotatable bonds is 4. The van der Waals surface area contributed by atoms with E-state index in [2.05, 4.69) is 12.2 Å². The minimum atomic E-state index is 0.373. The van der Waals surface area contributed by atoms with Crippen LogP contribution in [0.2, 0.25) is 0 Å². The molecule has 1 aromatic carbocycles. The van der Waals surface area contributed by atoms with Crippen LogP contribution in [0.25, 0.3) is 0 Å². The summed E-state index contributed by atoms with van der Waals surface area (Å²) in [5.74, 6) is 0.972. The van der Waals surface area contributed by atoms with Gasteiger partial charge in [0.1, 0.15) is 5.75 Å². The first-order valence-corrected chi connectivity index (χ1v) is 6.26. The highest BCUT2D eigenvalue weighted by Crippen LogP contribution is 2.20. The first kappa shape index (κ1) is 12.4. The molecular formula is C14H21NO2. The molecule has 2 rings (SSSR count). The molecule has 2 atom stereocenters. The number of benzene rings is 1. The number of ether oxygens (including phenoxy) is 1. The zero-order chi connectivity index (χ0) is 12.3. The molecule has 0 amide bonds. The monoisotopic (exact) mass is 235 g/mol. The van der Waals surface area contributed by atoms with Gasteiger partial charge in [-0.1, -0.05) is 17.7 Å². The van der Waals surface area contributed by atoms with Gasteiger partial charge in [0.05, 0.1) is 6.61 Å². The molecule has 1 fully saturated rings. The van der Waals surface area contributed by atoms with Crippen LogP contribution in [0.15, 0.2) is 18.2 Å². The van der Waals surface area contributed by atoms with Gasteiger partial charge >= 0.3 is 0 Å². The van der Waals surface area contributed by atoms with Crippen LogP contribution in [0.4, 0.5) is 0 Å². The van der Waals surface area contributed by atoms with Gasteiger partial charge in [0.2, 0.25) is 0 Å². The Balaban J connectivity index is 1.90. The highest BCUT2D eigenvalue weighted by Gasteiger charge is 2.21. The van der Waals surface area contributed by atoms with E-state index in [1.54, 1.807) is 6.07 Å². The van der Waals surface area contributed by atoms with E-state index in [0.717, 1.165) is 25.2 Å². The Morgan fingerprint density at radius 3 is 3.06 bits per heavy atom. The quantitative estimate of drug-likeness (QED) is 0.840. The Morgan fingerprint density at radius 2 is 2.35 bits per heavy atom. The maximum absolute atomic E-state index is 9.75. The summed E-state index contributed by atoms with van der Waals surface area (Å²) in [5.41, 5.74) is 2.15. The van der Waals surface area contributed by atoms with Gasteiger partial charge < -0.3 is 15.2 Å². The SMILES string of the molecule is Cc1ccc(O)c(CNC(C)C2CCOC2)c1. The van der Waals surface area contributed by atoms with Crippen LogP contribution in [-0.2, 0) is 11.3 Å². The Kier molecular flexibility index (Phi) is 4.02. The Bertz CT molecular complexity index is 372. The smallest absolute Gasteiger partial charge is 0.120 e. The van der Waals surface area contributed by atoms with Crippen molar-refractivity contribution >= 4 is 0 Å². The molecular weight excluding hydrogens is 214 g/mol. The predicted molar refractivity (Wildman–Crippen MR) is 68.1 cm³/mol. The van der Waals surface area contributed by atoms with Crippen molar-refractivity contribution in [3.05, 3.63) is 29.3 Å². The van der Waals surface area contributed by atoms with Gasteiger partial charge in [-0.15, -0.1) is 0 Å². The molecule has 3 heteroatoms. The second-order valence-electron chi connectivity index (χ2n) is 4.93. The van der Waals surface area contributed by atoms with Crippen molar-refractivity contribution in [2.24, 2.45) is 5.92 Å². The van der Waals surface area contributed by atoms with Crippen molar-refractivity contribution in [3.63, 3.8) is 0 Å². The zero-order valence-electron chi connectivity index (χ0n) is 10.6. The maximum atomic E-state index is 9.75. The lowest BCUT2D eigenvalue weighted by Crippen LogP contribution is -2.33. The Labute approximate surface area is 103 Å². The summed E-state index contributed by atoms with van der Waals surface area (Å²) in [6.07, 6.45) is 1.13. The second kappa shape index (κ2) is 5.52. The van der Waals surface area contributed by atoms with Gasteiger partial charge in [-0.2, -0.15) is 0 Å². The molecule has 0 radical (unpaired) electrons. The van der Waals surface area contributed by atoms with Crippen LogP contribution in [0.1, 0.15) is 24.5 Å². The lowest BCUT2D eigenvalue weighted by molar-refractivity contribution is 0.178. The Morgan fingerprint density at radius 1 is 1.53 bits per heavy atom. The van der Waals surface area contributed by atoms with Crippen LogP contribution < -0.4 is 5.32 Å². The minimum absolute atomic E-state index is 0.373. The third-order valence-corrected chi connectivity index (χ3v) is 3.52. The fourth-order valence-electron chi connectivity index (χ4n) is 2.24. The highest BCUT2D eigenvalue weighted by atomic mass is 16.5. The predicted octanol–water partition coefficient (Wildman–Crippen LogP) is 2.22. The summed E-state index contributed by atoms with van der Waals surface area (Å²) < 4.78 is 5.38. The van der Waals surface area contributed by atoms with Gasteiger partial charge in [-0.05, 0) is 32.3 Å². The number of hydrogen-bond donors (Lipinski definition) is 2. The molecule has 17 heavy (non-hydrogen) atoms.